The Hall–Kier alpha value is -3.44. The van der Waals surface area contributed by atoms with E-state index in [2.05, 4.69) is 123 Å². The van der Waals surface area contributed by atoms with E-state index in [4.69, 9.17) is 9.47 Å². The zero-order valence-electron chi connectivity index (χ0n) is 41.5. The van der Waals surface area contributed by atoms with E-state index in [0.717, 1.165) is 96.3 Å². The SMILES string of the molecule is CC/C=C\C/C=C\C/C=C\C/C=C\C/C=C\C/C=C\C/C=C\C/C=C\CCCCCCCCCCCCC(=O)OC(CO)COC(=O)CCCCCCC/C=C\CCCCCCCC. The largest absolute Gasteiger partial charge is 0.462 e. The van der Waals surface area contributed by atoms with Gasteiger partial charge < -0.3 is 14.6 Å². The van der Waals surface area contributed by atoms with Crippen molar-refractivity contribution in [2.24, 2.45) is 0 Å². The zero-order chi connectivity index (χ0) is 46.3. The van der Waals surface area contributed by atoms with E-state index in [1.165, 1.54) is 109 Å². The molecule has 0 fully saturated rings. The van der Waals surface area contributed by atoms with Gasteiger partial charge in [-0.15, -0.1) is 0 Å². The highest BCUT2D eigenvalue weighted by atomic mass is 16.6. The predicted octanol–water partition coefficient (Wildman–Crippen LogP) is 17.7. The lowest BCUT2D eigenvalue weighted by atomic mass is 10.0. The molecule has 364 valence electrons. The van der Waals surface area contributed by atoms with Gasteiger partial charge in [0.15, 0.2) is 6.10 Å². The first kappa shape index (κ1) is 60.6. The maximum atomic E-state index is 12.3. The Bertz CT molecular complexity index is 1280. The van der Waals surface area contributed by atoms with Gasteiger partial charge in [-0.05, 0) is 103 Å². The molecule has 1 N–H and O–H groups in total. The Morgan fingerprint density at radius 1 is 0.375 bits per heavy atom. The summed E-state index contributed by atoms with van der Waals surface area (Å²) in [7, 11) is 0. The Kier molecular flexibility index (Phi) is 51.0. The summed E-state index contributed by atoms with van der Waals surface area (Å²) in [6.45, 7) is 4.01. The maximum Gasteiger partial charge on any atom is 0.306 e. The molecule has 64 heavy (non-hydrogen) atoms. The molecule has 0 radical (unpaired) electrons. The summed E-state index contributed by atoms with van der Waals surface area (Å²) in [6, 6.07) is 0. The van der Waals surface area contributed by atoms with Gasteiger partial charge in [0.2, 0.25) is 0 Å². The van der Waals surface area contributed by atoms with Gasteiger partial charge in [-0.2, -0.15) is 0 Å². The highest BCUT2D eigenvalue weighted by Crippen LogP contribution is 2.14. The summed E-state index contributed by atoms with van der Waals surface area (Å²) >= 11 is 0. The second-order valence-electron chi connectivity index (χ2n) is 17.2. The summed E-state index contributed by atoms with van der Waals surface area (Å²) in [5.74, 6) is -0.608. The van der Waals surface area contributed by atoms with Crippen molar-refractivity contribution in [2.75, 3.05) is 13.2 Å². The summed E-state index contributed by atoms with van der Waals surface area (Å²) < 4.78 is 10.7. The van der Waals surface area contributed by atoms with Crippen molar-refractivity contribution in [3.8, 4) is 0 Å². The Labute approximate surface area is 395 Å². The molecule has 0 aliphatic rings. The molecule has 0 aromatic rings. The number of carbonyl (C=O) groups excluding carboxylic acids is 2. The molecule has 0 bridgehead atoms. The van der Waals surface area contributed by atoms with Gasteiger partial charge in [0.05, 0.1) is 6.61 Å². The molecule has 1 unspecified atom stereocenters. The van der Waals surface area contributed by atoms with Crippen molar-refractivity contribution in [2.45, 2.75) is 238 Å². The van der Waals surface area contributed by atoms with Crippen LogP contribution >= 0.6 is 0 Å². The molecule has 0 saturated heterocycles. The topological polar surface area (TPSA) is 72.8 Å². The summed E-state index contributed by atoms with van der Waals surface area (Å²) in [4.78, 5) is 24.4. The lowest BCUT2D eigenvalue weighted by Crippen LogP contribution is -2.28. The zero-order valence-corrected chi connectivity index (χ0v) is 41.5. The third-order valence-corrected chi connectivity index (χ3v) is 11.1. The van der Waals surface area contributed by atoms with Crippen molar-refractivity contribution < 1.29 is 24.2 Å². The van der Waals surface area contributed by atoms with Crippen LogP contribution in [-0.2, 0) is 19.1 Å². The standard InChI is InChI=1S/C59H98O5/c1-3-5-7-9-11-13-15-17-19-20-21-22-23-24-25-26-27-28-29-30-31-32-33-34-35-36-37-38-40-42-44-46-48-50-52-54-59(62)64-57(55-60)56-63-58(61)53-51-49-47-45-43-41-39-18-16-14-12-10-8-6-4-2/h5,7,11,13,17-19,21-22,24-25,27-28,30-31,33-34,39,57,60H,3-4,6,8-10,12,14-16,20,23,26,29,32,35-38,40-56H2,1-2H3/b7-5-,13-11-,19-17-,22-21-,25-24-,28-27-,31-30-,34-33-,39-18-. The van der Waals surface area contributed by atoms with Gasteiger partial charge in [0, 0.05) is 12.8 Å². The third-order valence-electron chi connectivity index (χ3n) is 11.1. The van der Waals surface area contributed by atoms with Crippen molar-refractivity contribution in [1.29, 1.82) is 0 Å². The van der Waals surface area contributed by atoms with E-state index in [-0.39, 0.29) is 25.2 Å². The van der Waals surface area contributed by atoms with Crippen molar-refractivity contribution in [3.05, 3.63) is 109 Å². The first-order chi connectivity index (χ1) is 31.6. The molecule has 0 spiro atoms. The predicted molar refractivity (Wildman–Crippen MR) is 279 cm³/mol. The fourth-order valence-electron chi connectivity index (χ4n) is 7.09. The second-order valence-corrected chi connectivity index (χ2v) is 17.2. The van der Waals surface area contributed by atoms with Crippen LogP contribution in [0.15, 0.2) is 109 Å². The Morgan fingerprint density at radius 2 is 0.672 bits per heavy atom. The van der Waals surface area contributed by atoms with Crippen molar-refractivity contribution in [3.63, 3.8) is 0 Å². The van der Waals surface area contributed by atoms with Crippen LogP contribution in [0.1, 0.15) is 232 Å². The van der Waals surface area contributed by atoms with Gasteiger partial charge in [-0.25, -0.2) is 0 Å². The molecule has 0 aromatic heterocycles. The van der Waals surface area contributed by atoms with Crippen LogP contribution in [0.25, 0.3) is 0 Å². The van der Waals surface area contributed by atoms with E-state index in [0.29, 0.717) is 12.8 Å². The van der Waals surface area contributed by atoms with E-state index >= 15 is 0 Å². The molecular formula is C59H98O5. The average molecular weight is 887 g/mol. The van der Waals surface area contributed by atoms with E-state index in [1.54, 1.807) is 0 Å². The molecule has 5 heteroatoms. The molecule has 0 aromatic carbocycles. The number of rotatable bonds is 47. The summed E-state index contributed by atoms with van der Waals surface area (Å²) in [5, 5.41) is 9.62. The van der Waals surface area contributed by atoms with Gasteiger partial charge in [-0.3, -0.25) is 9.59 Å². The smallest absolute Gasteiger partial charge is 0.306 e. The number of ether oxygens (including phenoxy) is 2. The number of aliphatic hydroxyl groups is 1. The third kappa shape index (κ3) is 51.2. The Balaban J connectivity index is 3.57. The van der Waals surface area contributed by atoms with Crippen LogP contribution in [0.5, 0.6) is 0 Å². The minimum atomic E-state index is -0.783. The molecule has 0 aliphatic heterocycles. The quantitative estimate of drug-likeness (QED) is 0.0374. The van der Waals surface area contributed by atoms with E-state index in [1.807, 2.05) is 0 Å². The lowest BCUT2D eigenvalue weighted by molar-refractivity contribution is -0.161. The van der Waals surface area contributed by atoms with Gasteiger partial charge in [0.25, 0.3) is 0 Å². The molecule has 1 atom stereocenters. The highest BCUT2D eigenvalue weighted by molar-refractivity contribution is 5.70. The highest BCUT2D eigenvalue weighted by Gasteiger charge is 2.16. The van der Waals surface area contributed by atoms with E-state index in [9.17, 15) is 14.7 Å². The van der Waals surface area contributed by atoms with Crippen molar-refractivity contribution >= 4 is 11.9 Å². The maximum absolute atomic E-state index is 12.3. The van der Waals surface area contributed by atoms with Crippen LogP contribution in [0.4, 0.5) is 0 Å². The monoisotopic (exact) mass is 887 g/mol. The van der Waals surface area contributed by atoms with Crippen LogP contribution in [0.3, 0.4) is 0 Å². The minimum absolute atomic E-state index is 0.0761. The number of carbonyl (C=O) groups is 2. The molecule has 0 heterocycles. The number of hydrogen-bond donors (Lipinski definition) is 1. The number of esters is 2. The van der Waals surface area contributed by atoms with Crippen LogP contribution in [-0.4, -0.2) is 36.4 Å². The Morgan fingerprint density at radius 3 is 1.03 bits per heavy atom. The van der Waals surface area contributed by atoms with Gasteiger partial charge in [-0.1, -0.05) is 226 Å². The fraction of sp³-hybridized carbons (Fsp3) is 0.661. The lowest BCUT2D eigenvalue weighted by Gasteiger charge is -2.15. The molecule has 5 nitrogen and oxygen atoms in total. The summed E-state index contributed by atoms with van der Waals surface area (Å²) in [6.07, 6.45) is 77.6. The summed E-state index contributed by atoms with van der Waals surface area (Å²) in [5.41, 5.74) is 0. The average Bonchev–Trinajstić information content (AvgIpc) is 3.30. The molecule has 0 saturated carbocycles. The fourth-order valence-corrected chi connectivity index (χ4v) is 7.09. The van der Waals surface area contributed by atoms with E-state index < -0.39 is 6.10 Å². The van der Waals surface area contributed by atoms with Crippen LogP contribution < -0.4 is 0 Å². The van der Waals surface area contributed by atoms with Crippen LogP contribution in [0, 0.1) is 0 Å². The molecular weight excluding hydrogens is 789 g/mol. The normalized spacial score (nSPS) is 13.1. The first-order valence-corrected chi connectivity index (χ1v) is 26.4. The first-order valence-electron chi connectivity index (χ1n) is 26.4. The molecule has 0 amide bonds. The minimum Gasteiger partial charge on any atom is -0.462 e. The molecule has 0 rings (SSSR count). The number of allylic oxidation sites excluding steroid dienone is 18. The number of hydrogen-bond acceptors (Lipinski definition) is 5. The van der Waals surface area contributed by atoms with Crippen molar-refractivity contribution in [1.82, 2.24) is 0 Å². The number of unbranched alkanes of at least 4 members (excludes halogenated alkanes) is 21. The molecule has 0 aliphatic carbocycles. The second kappa shape index (κ2) is 53.9. The van der Waals surface area contributed by atoms with Gasteiger partial charge >= 0.3 is 11.9 Å². The number of aliphatic hydroxyl groups excluding tert-OH is 1. The van der Waals surface area contributed by atoms with Crippen LogP contribution in [0.2, 0.25) is 0 Å². The van der Waals surface area contributed by atoms with Gasteiger partial charge in [0.1, 0.15) is 6.61 Å².